The number of ether oxygens (including phenoxy) is 1. The van der Waals surface area contributed by atoms with Crippen LogP contribution >= 0.6 is 11.6 Å². The number of Topliss-reactive ketones (excluding diaryl/α,β-unsaturated/α-hetero) is 1. The Balaban J connectivity index is 0.000000185. The molecule has 3 aliphatic carbocycles. The number of amides is 3. The smallest absolute Gasteiger partial charge is 0.414 e. The van der Waals surface area contributed by atoms with Gasteiger partial charge in [0.25, 0.3) is 0 Å². The molecule has 29 heteroatoms. The molecule has 5 aromatic rings. The molecule has 5 aliphatic rings. The second-order valence-corrected chi connectivity index (χ2v) is 20.2. The minimum absolute atomic E-state index is 0. The first-order valence-electron chi connectivity index (χ1n) is 25.5. The third-order valence-electron chi connectivity index (χ3n) is 13.5. The fraction of sp³-hybridized carbons (Fsp3) is 0.415. The number of aromatic nitrogens is 2. The quantitative estimate of drug-likeness (QED) is 0.0617. The molecule has 4 heterocycles. The van der Waals surface area contributed by atoms with Crippen molar-refractivity contribution in [1.82, 2.24) is 19.8 Å². The molecule has 10 rings (SSSR count). The summed E-state index contributed by atoms with van der Waals surface area (Å²) in [6.07, 6.45) is 4.95. The van der Waals surface area contributed by atoms with Crippen LogP contribution in [0.15, 0.2) is 58.4 Å². The first kappa shape index (κ1) is 64.5. The van der Waals surface area contributed by atoms with Crippen LogP contribution in [0, 0.1) is 67.4 Å². The monoisotopic (exact) mass is 1380 g/mol. The molecule has 437 valence electrons. The number of carboxylic acids is 3. The van der Waals surface area contributed by atoms with Crippen LogP contribution in [-0.2, 0) is 19.1 Å². The van der Waals surface area contributed by atoms with Gasteiger partial charge in [-0.25, -0.2) is 27.6 Å². The summed E-state index contributed by atoms with van der Waals surface area (Å²) in [7, 11) is 0. The van der Waals surface area contributed by atoms with Crippen LogP contribution in [-0.4, -0.2) is 146 Å². The minimum Gasteiger partial charge on any atom is -0.674 e. The number of aliphatic carboxylic acids is 1. The van der Waals surface area contributed by atoms with E-state index in [-0.39, 0.29) is 158 Å². The number of anilines is 3. The van der Waals surface area contributed by atoms with Crippen molar-refractivity contribution in [3.63, 3.8) is 0 Å². The number of hydrogen-bond acceptors (Lipinski definition) is 15. The second kappa shape index (κ2) is 27.6. The SMILES string of the molecule is CC(=O)NCC(O)CN.CC(=O)NCC(O)CNc1cc2c(cc1F)C(=O)C(C(=O)O)CN2C1CC1.O=C(O)c1cn(C2CC2)c2cc(Cl)c(F)cc2c1=O.[Ac].[NH-]CC1CN(c2cc3c(cc2F)c(=O)c(C(=O)O)cn3C2CC2)C(=O)O1. The number of nitrogens with zero attached hydrogens (tertiary/aromatic N) is 4. The van der Waals surface area contributed by atoms with E-state index in [4.69, 9.17) is 38.0 Å². The molecular weight excluding hydrogens is 1320 g/mol. The fourth-order valence-corrected chi connectivity index (χ4v) is 9.03. The molecule has 11 N–H and O–H groups in total. The first-order chi connectivity index (χ1) is 38.3. The van der Waals surface area contributed by atoms with Gasteiger partial charge in [-0.05, 0) is 74.9 Å². The summed E-state index contributed by atoms with van der Waals surface area (Å²) in [6, 6.07) is 7.63. The summed E-state index contributed by atoms with van der Waals surface area (Å²) < 4.78 is 50.9. The Labute approximate surface area is 505 Å². The molecule has 3 amide bonds. The third kappa shape index (κ3) is 15.5. The number of aromatic carboxylic acids is 2. The van der Waals surface area contributed by atoms with Crippen molar-refractivity contribution in [2.45, 2.75) is 88.8 Å². The van der Waals surface area contributed by atoms with Gasteiger partial charge >= 0.3 is 24.0 Å². The van der Waals surface area contributed by atoms with E-state index in [1.54, 1.807) is 9.13 Å². The molecule has 2 aromatic heterocycles. The number of ketones is 1. The van der Waals surface area contributed by atoms with Crippen molar-refractivity contribution in [3.8, 4) is 0 Å². The Morgan fingerprint density at radius 1 is 0.707 bits per heavy atom. The van der Waals surface area contributed by atoms with Crippen molar-refractivity contribution in [1.29, 1.82) is 0 Å². The van der Waals surface area contributed by atoms with Crippen molar-refractivity contribution in [3.05, 3.63) is 114 Å². The summed E-state index contributed by atoms with van der Waals surface area (Å²) in [5.74, 6) is -8.34. The van der Waals surface area contributed by atoms with Crippen LogP contribution in [0.2, 0.25) is 5.02 Å². The summed E-state index contributed by atoms with van der Waals surface area (Å²) in [5, 5.41) is 53.8. The average Bonchev–Trinajstić information content (AvgIpc) is 4.27. The second-order valence-electron chi connectivity index (χ2n) is 19.8. The molecule has 4 unspecified atom stereocenters. The molecule has 0 spiro atoms. The Hall–Kier alpha value is -6.67. The number of halogens is 4. The summed E-state index contributed by atoms with van der Waals surface area (Å²) in [4.78, 5) is 107. The van der Waals surface area contributed by atoms with Gasteiger partial charge < -0.3 is 71.7 Å². The van der Waals surface area contributed by atoms with Crippen molar-refractivity contribution in [2.24, 2.45) is 11.7 Å². The number of cyclic esters (lactones) is 1. The molecular formula is C53H58AcClF3N9O15-. The molecule has 1 radical (unpaired) electrons. The maximum atomic E-state index is 14.6. The summed E-state index contributed by atoms with van der Waals surface area (Å²) in [5.41, 5.74) is 11.7. The van der Waals surface area contributed by atoms with Crippen LogP contribution in [0.25, 0.3) is 27.5 Å². The molecule has 4 fully saturated rings. The van der Waals surface area contributed by atoms with Crippen LogP contribution in [0.1, 0.15) is 95.5 Å². The van der Waals surface area contributed by atoms with Crippen LogP contribution in [0.3, 0.4) is 0 Å². The van der Waals surface area contributed by atoms with Gasteiger partial charge in [0.05, 0.1) is 51.9 Å². The molecule has 3 saturated carbocycles. The zero-order valence-electron chi connectivity index (χ0n) is 44.1. The molecule has 4 atom stereocenters. The standard InChI is InChI=1S/C18H22FN3O5.C17H15FN3O5.C13H9ClFNO3.C5H12N2O2.Ac/c1-9(23)20-6-11(24)7-21-15-5-16-12(4-14(15)19)17(25)13(18(26)27)8-22(16)10-2-3-10;18-12-3-10-13(4-14(12)21-6-9(5-19)26-17(21)25)20(8-1-2-8)7-11(15(10)22)16(23)24;14-9-4-11-7(3-10(9)15)12(17)8(13(18)19)5-16(11)6-1-2-6;1-4(8)7-3-5(9)2-6;/h4-5,10-11,13,21,24H,2-3,6-8H2,1H3,(H,20,23)(H,26,27);3-4,7-9,19H,1-2,5-6H2,(H,23,24);3-6H,1-2H2,(H,18,19);5,9H,2-3,6H2,1H3,(H,7,8);/q;-1;;;. The Morgan fingerprint density at radius 3 is 1.68 bits per heavy atom. The van der Waals surface area contributed by atoms with E-state index in [0.29, 0.717) is 16.7 Å². The predicted octanol–water partition coefficient (Wildman–Crippen LogP) is 4.42. The summed E-state index contributed by atoms with van der Waals surface area (Å²) in [6.45, 7) is 3.17. The number of nitrogens with one attached hydrogen (secondary N) is 4. The van der Waals surface area contributed by atoms with E-state index in [9.17, 15) is 71.6 Å². The molecule has 2 aliphatic heterocycles. The predicted molar refractivity (Wildman–Crippen MR) is 288 cm³/mol. The van der Waals surface area contributed by atoms with E-state index >= 15 is 0 Å². The number of hydrogen-bond donors (Lipinski definition) is 9. The number of carbonyl (C=O) groups excluding carboxylic acids is 4. The minimum atomic E-state index is -1.36. The third-order valence-corrected chi connectivity index (χ3v) is 13.8. The summed E-state index contributed by atoms with van der Waals surface area (Å²) >= 11 is 5.73. The van der Waals surface area contributed by atoms with E-state index in [2.05, 4.69) is 16.0 Å². The average molecular weight is 1380 g/mol. The van der Waals surface area contributed by atoms with Gasteiger partial charge in [-0.15, -0.1) is 6.54 Å². The van der Waals surface area contributed by atoms with Crippen molar-refractivity contribution >= 4 is 92.1 Å². The number of aliphatic hydroxyl groups excluding tert-OH is 2. The normalized spacial score (nSPS) is 17.7. The fourth-order valence-electron chi connectivity index (χ4n) is 8.88. The number of benzene rings is 3. The van der Waals surface area contributed by atoms with Gasteiger partial charge in [0, 0.05) is 137 Å². The number of nitrogens with two attached hydrogens (primary N) is 1. The Morgan fingerprint density at radius 2 is 1.22 bits per heavy atom. The van der Waals surface area contributed by atoms with Crippen molar-refractivity contribution < 1.29 is 121 Å². The van der Waals surface area contributed by atoms with Crippen LogP contribution in [0.5, 0.6) is 0 Å². The molecule has 0 bridgehead atoms. The zero-order valence-corrected chi connectivity index (χ0v) is 49.6. The molecule has 1 saturated heterocycles. The number of carboxylic acid groups (broad SMARTS) is 3. The van der Waals surface area contributed by atoms with E-state index in [1.807, 2.05) is 4.90 Å². The molecule has 3 aromatic carbocycles. The Bertz CT molecular complexity index is 3450. The largest absolute Gasteiger partial charge is 0.674 e. The van der Waals surface area contributed by atoms with Crippen LogP contribution < -0.4 is 42.3 Å². The van der Waals surface area contributed by atoms with Gasteiger partial charge in [0.2, 0.25) is 22.7 Å². The molecule has 82 heavy (non-hydrogen) atoms. The van der Waals surface area contributed by atoms with Gasteiger partial charge in [-0.2, -0.15) is 0 Å². The Kier molecular flexibility index (Phi) is 21.7. The van der Waals surface area contributed by atoms with E-state index in [0.717, 1.165) is 61.6 Å². The van der Waals surface area contributed by atoms with Crippen LogP contribution in [0.4, 0.5) is 35.0 Å². The maximum absolute atomic E-state index is 14.6. The van der Waals surface area contributed by atoms with Gasteiger partial charge in [-0.1, -0.05) is 11.6 Å². The van der Waals surface area contributed by atoms with Gasteiger partial charge in [-0.3, -0.25) is 33.7 Å². The van der Waals surface area contributed by atoms with E-state index in [1.165, 1.54) is 44.4 Å². The zero-order chi connectivity index (χ0) is 59.3. The topological polar surface area (TPSA) is 366 Å². The molecule has 24 nitrogen and oxygen atoms in total. The number of rotatable bonds is 16. The number of aliphatic hydroxyl groups is 2. The van der Waals surface area contributed by atoms with Gasteiger partial charge in [0.15, 0.2) is 5.78 Å². The van der Waals surface area contributed by atoms with Crippen molar-refractivity contribution in [2.75, 3.05) is 60.9 Å². The first-order valence-corrected chi connectivity index (χ1v) is 25.9. The number of fused-ring (bicyclic) bond motifs is 3. The van der Waals surface area contributed by atoms with E-state index < -0.39 is 87.9 Å². The number of carbonyl (C=O) groups is 7. The number of pyridine rings is 2. The van der Waals surface area contributed by atoms with Gasteiger partial charge in [0.1, 0.15) is 40.6 Å². The maximum Gasteiger partial charge on any atom is 0.414 e.